The summed E-state index contributed by atoms with van der Waals surface area (Å²) in [5.41, 5.74) is 3.58. The zero-order chi connectivity index (χ0) is 29.4. The number of rotatable bonds is 9. The highest BCUT2D eigenvalue weighted by atomic mass is 35.5. The van der Waals surface area contributed by atoms with Crippen LogP contribution in [0.3, 0.4) is 0 Å². The second-order valence-electron chi connectivity index (χ2n) is 8.24. The Kier molecular flexibility index (Phi) is 9.13. The van der Waals surface area contributed by atoms with Gasteiger partial charge in [-0.2, -0.15) is 5.10 Å². The molecule has 0 atom stereocenters. The minimum atomic E-state index is -0.724. The lowest BCUT2D eigenvalue weighted by Crippen LogP contribution is -2.18. The summed E-state index contributed by atoms with van der Waals surface area (Å²) in [6.45, 7) is 1.25. The first-order valence-corrected chi connectivity index (χ1v) is 12.3. The Morgan fingerprint density at radius 1 is 0.854 bits per heavy atom. The van der Waals surface area contributed by atoms with Crippen molar-refractivity contribution in [2.75, 3.05) is 12.4 Å². The van der Waals surface area contributed by atoms with E-state index < -0.39 is 23.8 Å². The third kappa shape index (κ3) is 7.58. The quantitative estimate of drug-likeness (QED) is 0.121. The molecule has 0 bridgehead atoms. The second-order valence-corrected chi connectivity index (χ2v) is 8.68. The maximum Gasteiger partial charge on any atom is 0.343 e. The van der Waals surface area contributed by atoms with Gasteiger partial charge in [0.05, 0.1) is 25.2 Å². The molecule has 0 spiro atoms. The van der Waals surface area contributed by atoms with Crippen molar-refractivity contribution in [3.05, 3.63) is 107 Å². The van der Waals surface area contributed by atoms with Crippen LogP contribution in [-0.4, -0.2) is 37.1 Å². The standard InChI is InChI=1S/C29H22ClN3O8/c1-17(34)40-24-11-7-19(15-26(24)38-2)29(37)41-23-12-8-21(30)14-20(23)16-31-33-27(35)18-5-9-22(10-6-18)32-28(36)25-4-3-13-39-25/h3-16H,1-2H3,(H,32,36)(H,33,35)/b31-16+. The van der Waals surface area contributed by atoms with E-state index in [1.165, 1.54) is 81.1 Å². The molecule has 0 aliphatic carbocycles. The Morgan fingerprint density at radius 3 is 2.27 bits per heavy atom. The summed E-state index contributed by atoms with van der Waals surface area (Å²) >= 11 is 6.11. The number of halogens is 1. The van der Waals surface area contributed by atoms with Gasteiger partial charge in [0.15, 0.2) is 17.3 Å². The van der Waals surface area contributed by atoms with Gasteiger partial charge in [-0.25, -0.2) is 10.2 Å². The first-order chi connectivity index (χ1) is 19.7. The van der Waals surface area contributed by atoms with Crippen LogP contribution in [0.15, 0.2) is 88.6 Å². The minimum absolute atomic E-state index is 0.122. The van der Waals surface area contributed by atoms with Crippen LogP contribution in [0, 0.1) is 0 Å². The van der Waals surface area contributed by atoms with Gasteiger partial charge >= 0.3 is 11.9 Å². The molecule has 2 amide bonds. The summed E-state index contributed by atoms with van der Waals surface area (Å²) in [5.74, 6) is -1.61. The SMILES string of the molecule is COc1cc(C(=O)Oc2ccc(Cl)cc2/C=N/NC(=O)c2ccc(NC(=O)c3ccco3)cc2)ccc1OC(C)=O. The van der Waals surface area contributed by atoms with E-state index in [0.29, 0.717) is 16.3 Å². The molecule has 4 aromatic rings. The number of methoxy groups -OCH3 is 1. The molecule has 11 nitrogen and oxygen atoms in total. The minimum Gasteiger partial charge on any atom is -0.493 e. The lowest BCUT2D eigenvalue weighted by molar-refractivity contribution is -0.132. The van der Waals surface area contributed by atoms with E-state index in [1.54, 1.807) is 18.2 Å². The number of esters is 2. The molecule has 2 N–H and O–H groups in total. The summed E-state index contributed by atoms with van der Waals surface area (Å²) in [5, 5.41) is 6.95. The van der Waals surface area contributed by atoms with Crippen LogP contribution in [0.2, 0.25) is 5.02 Å². The summed E-state index contributed by atoms with van der Waals surface area (Å²) in [6.07, 6.45) is 2.66. The molecule has 208 valence electrons. The molecule has 0 saturated heterocycles. The van der Waals surface area contributed by atoms with E-state index >= 15 is 0 Å². The topological polar surface area (TPSA) is 146 Å². The van der Waals surface area contributed by atoms with Gasteiger partial charge in [-0.3, -0.25) is 14.4 Å². The van der Waals surface area contributed by atoms with E-state index in [-0.39, 0.29) is 34.1 Å². The maximum atomic E-state index is 12.8. The highest BCUT2D eigenvalue weighted by molar-refractivity contribution is 6.31. The van der Waals surface area contributed by atoms with E-state index in [9.17, 15) is 19.2 Å². The van der Waals surface area contributed by atoms with Crippen LogP contribution in [0.5, 0.6) is 17.2 Å². The highest BCUT2D eigenvalue weighted by Gasteiger charge is 2.16. The number of ether oxygens (including phenoxy) is 3. The van der Waals surface area contributed by atoms with Crippen LogP contribution in [0.1, 0.15) is 43.8 Å². The molecule has 41 heavy (non-hydrogen) atoms. The number of nitrogens with one attached hydrogen (secondary N) is 2. The Bertz CT molecular complexity index is 1620. The molecular formula is C29H22ClN3O8. The van der Waals surface area contributed by atoms with Gasteiger partial charge in [0.1, 0.15) is 5.75 Å². The number of hydrogen-bond donors (Lipinski definition) is 2. The fraction of sp³-hybridized carbons (Fsp3) is 0.0690. The summed E-state index contributed by atoms with van der Waals surface area (Å²) in [4.78, 5) is 48.7. The van der Waals surface area contributed by atoms with Gasteiger partial charge in [-0.15, -0.1) is 0 Å². The fourth-order valence-corrected chi connectivity index (χ4v) is 3.62. The van der Waals surface area contributed by atoms with Crippen molar-refractivity contribution in [3.63, 3.8) is 0 Å². The third-order valence-electron chi connectivity index (χ3n) is 5.35. The zero-order valence-corrected chi connectivity index (χ0v) is 22.4. The number of benzene rings is 3. The number of amides is 2. The van der Waals surface area contributed by atoms with Crippen LogP contribution in [0.4, 0.5) is 5.69 Å². The third-order valence-corrected chi connectivity index (χ3v) is 5.58. The number of furan rings is 1. The van der Waals surface area contributed by atoms with E-state index in [2.05, 4.69) is 15.8 Å². The van der Waals surface area contributed by atoms with Crippen molar-refractivity contribution in [1.82, 2.24) is 5.43 Å². The van der Waals surface area contributed by atoms with Crippen LogP contribution >= 0.6 is 11.6 Å². The molecule has 0 saturated carbocycles. The predicted molar refractivity (Wildman–Crippen MR) is 149 cm³/mol. The predicted octanol–water partition coefficient (Wildman–Crippen LogP) is 5.10. The van der Waals surface area contributed by atoms with E-state index in [4.69, 9.17) is 30.2 Å². The monoisotopic (exact) mass is 575 g/mol. The fourth-order valence-electron chi connectivity index (χ4n) is 3.44. The lowest BCUT2D eigenvalue weighted by Gasteiger charge is -2.11. The molecule has 3 aromatic carbocycles. The lowest BCUT2D eigenvalue weighted by atomic mass is 10.2. The van der Waals surface area contributed by atoms with Gasteiger partial charge in [0, 0.05) is 28.8 Å². The molecule has 12 heteroatoms. The van der Waals surface area contributed by atoms with Gasteiger partial charge in [-0.05, 0) is 72.8 Å². The first-order valence-electron chi connectivity index (χ1n) is 11.9. The molecule has 0 aliphatic heterocycles. The van der Waals surface area contributed by atoms with E-state index in [1.807, 2.05) is 0 Å². The van der Waals surface area contributed by atoms with Crippen LogP contribution < -0.4 is 25.0 Å². The van der Waals surface area contributed by atoms with Crippen molar-refractivity contribution in [3.8, 4) is 17.2 Å². The molecule has 1 aromatic heterocycles. The number of hydrogen-bond acceptors (Lipinski definition) is 9. The number of nitrogens with zero attached hydrogens (tertiary/aromatic N) is 1. The molecule has 0 aliphatic rings. The van der Waals surface area contributed by atoms with E-state index in [0.717, 1.165) is 0 Å². The largest absolute Gasteiger partial charge is 0.493 e. The second kappa shape index (κ2) is 13.1. The van der Waals surface area contributed by atoms with Gasteiger partial charge in [-0.1, -0.05) is 11.6 Å². The molecule has 1 heterocycles. The Morgan fingerprint density at radius 2 is 1.59 bits per heavy atom. The first kappa shape index (κ1) is 28.6. The van der Waals surface area contributed by atoms with Crippen LogP contribution in [0.25, 0.3) is 0 Å². The maximum absolute atomic E-state index is 12.8. The number of carbonyl (C=O) groups is 4. The highest BCUT2D eigenvalue weighted by Crippen LogP contribution is 2.29. The zero-order valence-electron chi connectivity index (χ0n) is 21.7. The van der Waals surface area contributed by atoms with Gasteiger partial charge in [0.25, 0.3) is 11.8 Å². The summed E-state index contributed by atoms with van der Waals surface area (Å²) < 4.78 is 20.8. The number of anilines is 1. The van der Waals surface area contributed by atoms with Crippen molar-refractivity contribution in [2.24, 2.45) is 5.10 Å². The van der Waals surface area contributed by atoms with Crippen LogP contribution in [-0.2, 0) is 4.79 Å². The van der Waals surface area contributed by atoms with Gasteiger partial charge in [0.2, 0.25) is 0 Å². The van der Waals surface area contributed by atoms with Crippen molar-refractivity contribution in [2.45, 2.75) is 6.92 Å². The molecule has 0 radical (unpaired) electrons. The average Bonchev–Trinajstić information content (AvgIpc) is 3.50. The van der Waals surface area contributed by atoms with Crippen molar-refractivity contribution < 1.29 is 37.8 Å². The molecule has 0 fully saturated rings. The number of hydrazone groups is 1. The molecular weight excluding hydrogens is 554 g/mol. The summed E-state index contributed by atoms with van der Waals surface area (Å²) in [7, 11) is 1.37. The van der Waals surface area contributed by atoms with Gasteiger partial charge < -0.3 is 23.9 Å². The summed E-state index contributed by atoms with van der Waals surface area (Å²) in [6, 6.07) is 18.0. The normalized spacial score (nSPS) is 10.6. The molecule has 0 unspecified atom stereocenters. The average molecular weight is 576 g/mol. The smallest absolute Gasteiger partial charge is 0.343 e. The number of carbonyl (C=O) groups excluding carboxylic acids is 4. The van der Waals surface area contributed by atoms with Crippen molar-refractivity contribution >= 4 is 47.3 Å². The Balaban J connectivity index is 1.41. The Hall–Kier alpha value is -5.42. The molecule has 4 rings (SSSR count). The Labute approximate surface area is 238 Å². The van der Waals surface area contributed by atoms with Crippen molar-refractivity contribution in [1.29, 1.82) is 0 Å².